The number of nitrogens with one attached hydrogen (secondary N) is 1. The lowest BCUT2D eigenvalue weighted by Gasteiger charge is -2.27. The van der Waals surface area contributed by atoms with Crippen molar-refractivity contribution in [1.82, 2.24) is 14.9 Å². The number of aromatic nitrogens is 2. The Kier molecular flexibility index (Phi) is 11.6. The third-order valence-electron chi connectivity index (χ3n) is 7.71. The maximum Gasteiger partial charge on any atom is 0.261 e. The minimum atomic E-state index is -1.14. The summed E-state index contributed by atoms with van der Waals surface area (Å²) in [5.74, 6) is 0.209. The molecule has 5 rings (SSSR count). The number of pyridine rings is 2. The zero-order valence-electron chi connectivity index (χ0n) is 25.4. The van der Waals surface area contributed by atoms with Crippen molar-refractivity contribution >= 4 is 59.0 Å². The molecule has 44 heavy (non-hydrogen) atoms. The third-order valence-corrected chi connectivity index (χ3v) is 7.71. The Morgan fingerprint density at radius 1 is 1.00 bits per heavy atom. The topological polar surface area (TPSA) is 110 Å². The second kappa shape index (κ2) is 14.7. The van der Waals surface area contributed by atoms with Gasteiger partial charge in [0.05, 0.1) is 29.6 Å². The molecule has 2 amide bonds. The van der Waals surface area contributed by atoms with Crippen LogP contribution in [0, 0.1) is 5.41 Å². The summed E-state index contributed by atoms with van der Waals surface area (Å²) in [7, 11) is 1.70. The second-order valence-corrected chi connectivity index (χ2v) is 11.0. The van der Waals surface area contributed by atoms with Gasteiger partial charge in [0.25, 0.3) is 5.56 Å². The van der Waals surface area contributed by atoms with Crippen molar-refractivity contribution in [2.24, 2.45) is 5.41 Å². The van der Waals surface area contributed by atoms with Gasteiger partial charge in [0, 0.05) is 57.3 Å². The largest absolute Gasteiger partial charge is 0.493 e. The molecule has 12 heteroatoms. The number of carbonyl (C=O) groups is 2. The van der Waals surface area contributed by atoms with Gasteiger partial charge in [-0.25, -0.2) is 0 Å². The van der Waals surface area contributed by atoms with E-state index in [9.17, 15) is 14.4 Å². The van der Waals surface area contributed by atoms with E-state index in [-0.39, 0.29) is 42.2 Å². The molecule has 0 saturated heterocycles. The summed E-state index contributed by atoms with van der Waals surface area (Å²) in [6.07, 6.45) is 6.52. The van der Waals surface area contributed by atoms with Crippen molar-refractivity contribution < 1.29 is 18.7 Å². The first kappa shape index (κ1) is 34.6. The average Bonchev–Trinajstić information content (AvgIpc) is 3.47. The summed E-state index contributed by atoms with van der Waals surface area (Å²) in [6.45, 7) is 8.22. The van der Waals surface area contributed by atoms with E-state index in [2.05, 4.69) is 16.4 Å². The molecule has 0 fully saturated rings. The zero-order chi connectivity index (χ0) is 29.9. The fourth-order valence-electron chi connectivity index (χ4n) is 5.28. The van der Waals surface area contributed by atoms with E-state index >= 15 is 0 Å². The molecule has 0 radical (unpaired) electrons. The highest BCUT2D eigenvalue weighted by atomic mass is 35.5. The summed E-state index contributed by atoms with van der Waals surface area (Å²) in [5.41, 5.74) is 2.82. The maximum atomic E-state index is 13.1. The number of nitrogens with zero attached hydrogens (tertiary/aromatic N) is 4. The molecule has 0 unspecified atom stereocenters. The van der Waals surface area contributed by atoms with Crippen LogP contribution in [0.4, 0.5) is 11.4 Å². The number of carbonyl (C=O) groups excluding carboxylic acids is 2. The first-order valence-corrected chi connectivity index (χ1v) is 14.3. The lowest BCUT2D eigenvalue weighted by molar-refractivity contribution is -0.137. The van der Waals surface area contributed by atoms with Gasteiger partial charge < -0.3 is 28.8 Å². The second-order valence-electron chi connectivity index (χ2n) is 11.0. The summed E-state index contributed by atoms with van der Waals surface area (Å²) < 4.78 is 13.0. The van der Waals surface area contributed by atoms with E-state index in [0.717, 1.165) is 24.2 Å². The Balaban J connectivity index is 0.00000264. The number of anilines is 2. The summed E-state index contributed by atoms with van der Waals surface area (Å²) in [4.78, 5) is 46.4. The fourth-order valence-corrected chi connectivity index (χ4v) is 5.28. The van der Waals surface area contributed by atoms with Gasteiger partial charge in [-0.3, -0.25) is 19.4 Å². The van der Waals surface area contributed by atoms with Crippen molar-refractivity contribution in [2.45, 2.75) is 46.7 Å². The number of hydrogen-bond donors (Lipinski definition) is 1. The van der Waals surface area contributed by atoms with Crippen LogP contribution in [-0.4, -0.2) is 48.1 Å². The van der Waals surface area contributed by atoms with Crippen LogP contribution in [0.15, 0.2) is 70.3 Å². The highest BCUT2D eigenvalue weighted by Gasteiger charge is 2.45. The number of benzene rings is 1. The number of furan rings is 1. The van der Waals surface area contributed by atoms with Crippen LogP contribution >= 0.6 is 24.8 Å². The van der Waals surface area contributed by atoms with Gasteiger partial charge in [-0.05, 0) is 75.7 Å². The lowest BCUT2D eigenvalue weighted by atomic mass is 9.90. The van der Waals surface area contributed by atoms with Gasteiger partial charge in [0.15, 0.2) is 0 Å². The van der Waals surface area contributed by atoms with Crippen LogP contribution < -0.4 is 25.4 Å². The lowest BCUT2D eigenvalue weighted by Crippen LogP contribution is -2.47. The number of aryl methyl sites for hydroxylation is 2. The van der Waals surface area contributed by atoms with Crippen LogP contribution in [0.2, 0.25) is 0 Å². The van der Waals surface area contributed by atoms with E-state index in [4.69, 9.17) is 9.15 Å². The quantitative estimate of drug-likeness (QED) is 0.181. The number of halogens is 2. The predicted octanol–water partition coefficient (Wildman–Crippen LogP) is 4.99. The molecule has 1 N–H and O–H groups in total. The number of fused-ring (bicyclic) bond motifs is 2. The maximum absolute atomic E-state index is 13.1. The molecule has 3 aromatic heterocycles. The highest BCUT2D eigenvalue weighted by Crippen LogP contribution is 2.40. The van der Waals surface area contributed by atoms with E-state index in [1.54, 1.807) is 53.7 Å². The molecule has 1 aromatic carbocycles. The zero-order valence-corrected chi connectivity index (χ0v) is 27.0. The number of ether oxygens (including phenoxy) is 1. The third kappa shape index (κ3) is 7.09. The predicted molar refractivity (Wildman–Crippen MR) is 176 cm³/mol. The molecule has 4 aromatic rings. The van der Waals surface area contributed by atoms with E-state index in [1.807, 2.05) is 37.3 Å². The molecule has 0 bridgehead atoms. The molecule has 1 aliphatic heterocycles. The van der Waals surface area contributed by atoms with Crippen molar-refractivity contribution in [1.29, 1.82) is 0 Å². The van der Waals surface area contributed by atoms with Crippen molar-refractivity contribution in [3.05, 3.63) is 82.7 Å². The van der Waals surface area contributed by atoms with Gasteiger partial charge >= 0.3 is 0 Å². The smallest absolute Gasteiger partial charge is 0.261 e. The van der Waals surface area contributed by atoms with Crippen LogP contribution in [0.3, 0.4) is 0 Å². The summed E-state index contributed by atoms with van der Waals surface area (Å²) >= 11 is 0. The minimum absolute atomic E-state index is 0. The van der Waals surface area contributed by atoms with Gasteiger partial charge in [0.2, 0.25) is 11.8 Å². The van der Waals surface area contributed by atoms with Crippen LogP contribution in [0.5, 0.6) is 5.75 Å². The molecule has 1 aliphatic rings. The molecule has 0 atom stereocenters. The first-order chi connectivity index (χ1) is 20.2. The molecule has 0 saturated carbocycles. The molecule has 236 valence electrons. The number of amides is 2. The SMILES string of the molecule is CCN1C(=O)C(C)(C)C(=O)N(C)c2cc(OCCCNCc3ccnc(CCn4ccc5occc5c4=O)c3)ccc21.Cl.Cl. The van der Waals surface area contributed by atoms with Gasteiger partial charge in [-0.15, -0.1) is 24.8 Å². The Morgan fingerprint density at radius 2 is 1.80 bits per heavy atom. The molecular formula is C32H39Cl2N5O5. The van der Waals surface area contributed by atoms with Crippen LogP contribution in [-0.2, 0) is 29.1 Å². The molecule has 10 nitrogen and oxygen atoms in total. The van der Waals surface area contributed by atoms with Crippen LogP contribution in [0.1, 0.15) is 38.4 Å². The minimum Gasteiger partial charge on any atom is -0.493 e. The number of rotatable bonds is 11. The molecular weight excluding hydrogens is 605 g/mol. The summed E-state index contributed by atoms with van der Waals surface area (Å²) in [6, 6.07) is 13.1. The van der Waals surface area contributed by atoms with E-state index < -0.39 is 5.41 Å². The standard InChI is InChI=1S/C32H37N5O5.2ClH/c1-5-37-26-8-7-24(20-27(26)35(4)30(39)32(2,3)31(37)40)41-17-6-13-33-21-22-9-14-34-23(19-22)10-15-36-16-11-28-25(29(36)38)12-18-42-28;;/h7-9,11-12,14,16,18-20,33H,5-6,10,13,15,17,21H2,1-4H3;2*1H. The van der Waals surface area contributed by atoms with Crippen molar-refractivity contribution in [3.63, 3.8) is 0 Å². The van der Waals surface area contributed by atoms with Crippen molar-refractivity contribution in [2.75, 3.05) is 36.5 Å². The van der Waals surface area contributed by atoms with Gasteiger partial charge in [0.1, 0.15) is 16.7 Å². The fraction of sp³-hybridized carbons (Fsp3) is 0.375. The first-order valence-electron chi connectivity index (χ1n) is 14.3. The number of hydrogen-bond acceptors (Lipinski definition) is 7. The van der Waals surface area contributed by atoms with Gasteiger partial charge in [-0.1, -0.05) is 0 Å². The van der Waals surface area contributed by atoms with E-state index in [1.165, 1.54) is 6.26 Å². The Labute approximate surface area is 269 Å². The Hall–Kier alpha value is -3.86. The van der Waals surface area contributed by atoms with Crippen molar-refractivity contribution in [3.8, 4) is 5.75 Å². The molecule has 4 heterocycles. The van der Waals surface area contributed by atoms with Crippen LogP contribution in [0.25, 0.3) is 11.0 Å². The Morgan fingerprint density at radius 3 is 2.57 bits per heavy atom. The normalized spacial score (nSPS) is 14.1. The Bertz CT molecular complexity index is 1670. The average molecular weight is 645 g/mol. The molecule has 0 spiro atoms. The monoisotopic (exact) mass is 643 g/mol. The molecule has 0 aliphatic carbocycles. The highest BCUT2D eigenvalue weighted by molar-refractivity contribution is 6.20. The summed E-state index contributed by atoms with van der Waals surface area (Å²) in [5, 5.41) is 4.03. The van der Waals surface area contributed by atoms with E-state index in [0.29, 0.717) is 60.8 Å². The van der Waals surface area contributed by atoms with Gasteiger partial charge in [-0.2, -0.15) is 0 Å².